The van der Waals surface area contributed by atoms with Crippen molar-refractivity contribution in [1.29, 1.82) is 5.26 Å². The molecule has 160 valence electrons. The number of nitrogens with zero attached hydrogens (tertiary/aromatic N) is 1. The van der Waals surface area contributed by atoms with E-state index in [4.69, 9.17) is 10.00 Å². The van der Waals surface area contributed by atoms with Gasteiger partial charge in [-0.2, -0.15) is 5.26 Å². The molecule has 0 aromatic heterocycles. The van der Waals surface area contributed by atoms with Gasteiger partial charge >= 0.3 is 0 Å². The first-order chi connectivity index (χ1) is 14.7. The molecule has 5 nitrogen and oxygen atoms in total. The SMILES string of the molecule is CC(C)=CCc1c(O)c(CC=C(C)C)c2c(c1O)CC(O)=C(c1ccc(C#N)cc1)O2. The Morgan fingerprint density at radius 1 is 0.935 bits per heavy atom. The third kappa shape index (κ3) is 4.59. The van der Waals surface area contributed by atoms with Crippen LogP contribution in [0.5, 0.6) is 17.2 Å². The van der Waals surface area contributed by atoms with Crippen LogP contribution in [0.1, 0.15) is 55.5 Å². The van der Waals surface area contributed by atoms with Crippen LogP contribution in [-0.2, 0) is 19.3 Å². The van der Waals surface area contributed by atoms with Crippen molar-refractivity contribution in [2.75, 3.05) is 0 Å². The fourth-order valence-corrected chi connectivity index (χ4v) is 3.49. The lowest BCUT2D eigenvalue weighted by Gasteiger charge is -2.26. The first-order valence-electron chi connectivity index (χ1n) is 10.2. The Kier molecular flexibility index (Phi) is 6.41. The van der Waals surface area contributed by atoms with Crippen molar-refractivity contribution in [3.8, 4) is 23.3 Å². The molecule has 0 unspecified atom stereocenters. The molecule has 0 radical (unpaired) electrons. The summed E-state index contributed by atoms with van der Waals surface area (Å²) in [5, 5.41) is 41.7. The Bertz CT molecular complexity index is 1140. The Morgan fingerprint density at radius 2 is 1.52 bits per heavy atom. The number of phenolic OH excluding ortho intramolecular Hbond substituents is 2. The summed E-state index contributed by atoms with van der Waals surface area (Å²) in [4.78, 5) is 0. The Morgan fingerprint density at radius 3 is 2.06 bits per heavy atom. The van der Waals surface area contributed by atoms with E-state index in [0.717, 1.165) is 11.1 Å². The van der Waals surface area contributed by atoms with E-state index in [9.17, 15) is 15.3 Å². The van der Waals surface area contributed by atoms with Gasteiger partial charge in [0.05, 0.1) is 11.6 Å². The number of hydrogen-bond donors (Lipinski definition) is 3. The predicted octanol–water partition coefficient (Wildman–Crippen LogP) is 5.85. The maximum Gasteiger partial charge on any atom is 0.172 e. The van der Waals surface area contributed by atoms with Crippen molar-refractivity contribution < 1.29 is 20.1 Å². The van der Waals surface area contributed by atoms with Crippen molar-refractivity contribution in [1.82, 2.24) is 0 Å². The van der Waals surface area contributed by atoms with Gasteiger partial charge in [0.1, 0.15) is 23.0 Å². The van der Waals surface area contributed by atoms with Gasteiger partial charge in [-0.05, 0) is 64.8 Å². The largest absolute Gasteiger partial charge is 0.508 e. The van der Waals surface area contributed by atoms with Gasteiger partial charge in [0.25, 0.3) is 0 Å². The molecule has 0 spiro atoms. The Balaban J connectivity index is 2.15. The predicted molar refractivity (Wildman–Crippen MR) is 121 cm³/mol. The minimum absolute atomic E-state index is 0.00631. The number of ether oxygens (including phenoxy) is 1. The van der Waals surface area contributed by atoms with Crippen molar-refractivity contribution in [3.05, 3.63) is 81.1 Å². The minimum atomic E-state index is -0.0589. The molecule has 0 saturated carbocycles. The number of hydrogen-bond acceptors (Lipinski definition) is 5. The molecule has 2 aromatic rings. The standard InChI is InChI=1S/C26H27NO4/c1-15(2)5-11-19-23(29)20(12-6-16(3)4)26-21(24(19)30)13-22(28)25(31-26)18-9-7-17(14-27)8-10-18/h5-10,28-30H,11-13H2,1-4H3. The van der Waals surface area contributed by atoms with E-state index >= 15 is 0 Å². The van der Waals surface area contributed by atoms with Crippen LogP contribution in [0.4, 0.5) is 0 Å². The number of aliphatic hydroxyl groups excluding tert-OH is 1. The van der Waals surface area contributed by atoms with E-state index in [0.29, 0.717) is 46.4 Å². The zero-order chi connectivity index (χ0) is 22.7. The minimum Gasteiger partial charge on any atom is -0.508 e. The number of aromatic hydroxyl groups is 2. The summed E-state index contributed by atoms with van der Waals surface area (Å²) in [5.41, 5.74) is 4.74. The lowest BCUT2D eigenvalue weighted by molar-refractivity contribution is 0.346. The van der Waals surface area contributed by atoms with Gasteiger partial charge in [0, 0.05) is 28.7 Å². The van der Waals surface area contributed by atoms with E-state index < -0.39 is 0 Å². The average Bonchev–Trinajstić information content (AvgIpc) is 2.73. The highest BCUT2D eigenvalue weighted by Crippen LogP contribution is 2.48. The lowest BCUT2D eigenvalue weighted by atomic mass is 9.92. The Hall–Kier alpha value is -3.65. The summed E-state index contributed by atoms with van der Waals surface area (Å²) in [7, 11) is 0. The number of aliphatic hydroxyl groups is 1. The van der Waals surface area contributed by atoms with Crippen LogP contribution in [0, 0.1) is 11.3 Å². The van der Waals surface area contributed by atoms with Gasteiger partial charge in [0.15, 0.2) is 5.76 Å². The van der Waals surface area contributed by atoms with Crippen LogP contribution in [0.2, 0.25) is 0 Å². The van der Waals surface area contributed by atoms with Gasteiger partial charge in [-0.3, -0.25) is 0 Å². The fraction of sp³-hybridized carbons (Fsp3) is 0.269. The summed E-state index contributed by atoms with van der Waals surface area (Å²) in [6, 6.07) is 8.77. The second-order valence-corrected chi connectivity index (χ2v) is 8.18. The monoisotopic (exact) mass is 417 g/mol. The topological polar surface area (TPSA) is 93.7 Å². The molecule has 1 aliphatic heterocycles. The highest BCUT2D eigenvalue weighted by molar-refractivity contribution is 5.73. The van der Waals surface area contributed by atoms with Crippen LogP contribution in [-0.4, -0.2) is 15.3 Å². The van der Waals surface area contributed by atoms with Crippen molar-refractivity contribution >= 4 is 5.76 Å². The molecule has 1 aliphatic rings. The van der Waals surface area contributed by atoms with E-state index in [2.05, 4.69) is 6.07 Å². The summed E-state index contributed by atoms with van der Waals surface area (Å²) in [6.07, 6.45) is 4.82. The van der Waals surface area contributed by atoms with Gasteiger partial charge in [-0.25, -0.2) is 0 Å². The number of rotatable bonds is 5. The van der Waals surface area contributed by atoms with Crippen molar-refractivity contribution in [3.63, 3.8) is 0 Å². The third-order valence-electron chi connectivity index (χ3n) is 5.21. The quantitative estimate of drug-likeness (QED) is 0.531. The molecule has 5 heteroatoms. The molecule has 1 heterocycles. The second kappa shape index (κ2) is 9.01. The van der Waals surface area contributed by atoms with Crippen LogP contribution in [0.15, 0.2) is 53.3 Å². The van der Waals surface area contributed by atoms with Gasteiger partial charge in [-0.1, -0.05) is 23.3 Å². The molecule has 0 saturated heterocycles. The van der Waals surface area contributed by atoms with Crippen molar-refractivity contribution in [2.24, 2.45) is 0 Å². The number of allylic oxidation sites excluding steroid dienone is 5. The Labute approximate surface area is 182 Å². The molecule has 0 bridgehead atoms. The fourth-order valence-electron chi connectivity index (χ4n) is 3.49. The smallest absolute Gasteiger partial charge is 0.172 e. The molecule has 3 N–H and O–H groups in total. The van der Waals surface area contributed by atoms with Crippen molar-refractivity contribution in [2.45, 2.75) is 47.0 Å². The summed E-state index contributed by atoms with van der Waals surface area (Å²) < 4.78 is 6.09. The normalized spacial score (nSPS) is 12.5. The van der Waals surface area contributed by atoms with E-state index in [-0.39, 0.29) is 29.4 Å². The first kappa shape index (κ1) is 22.0. The van der Waals surface area contributed by atoms with Gasteiger partial charge in [-0.15, -0.1) is 0 Å². The molecular formula is C26H27NO4. The number of nitriles is 1. The van der Waals surface area contributed by atoms with E-state index in [1.807, 2.05) is 39.8 Å². The summed E-state index contributed by atoms with van der Waals surface area (Å²) in [6.45, 7) is 7.86. The summed E-state index contributed by atoms with van der Waals surface area (Å²) >= 11 is 0. The van der Waals surface area contributed by atoms with Crippen LogP contribution in [0.25, 0.3) is 5.76 Å². The highest BCUT2D eigenvalue weighted by Gasteiger charge is 2.30. The zero-order valence-corrected chi connectivity index (χ0v) is 18.3. The maximum atomic E-state index is 11.0. The van der Waals surface area contributed by atoms with Gasteiger partial charge < -0.3 is 20.1 Å². The molecule has 0 atom stereocenters. The molecular weight excluding hydrogens is 390 g/mol. The molecule has 0 fully saturated rings. The highest BCUT2D eigenvalue weighted by atomic mass is 16.5. The average molecular weight is 418 g/mol. The summed E-state index contributed by atoms with van der Waals surface area (Å²) in [5.74, 6) is 0.555. The number of phenols is 2. The second-order valence-electron chi connectivity index (χ2n) is 8.18. The third-order valence-corrected chi connectivity index (χ3v) is 5.21. The number of benzene rings is 2. The molecule has 31 heavy (non-hydrogen) atoms. The van der Waals surface area contributed by atoms with Crippen LogP contribution < -0.4 is 4.74 Å². The first-order valence-corrected chi connectivity index (χ1v) is 10.2. The molecule has 0 aliphatic carbocycles. The lowest BCUT2D eigenvalue weighted by Crippen LogP contribution is -2.13. The molecule has 0 amide bonds. The van der Waals surface area contributed by atoms with Crippen LogP contribution in [0.3, 0.4) is 0 Å². The van der Waals surface area contributed by atoms with E-state index in [1.165, 1.54) is 0 Å². The zero-order valence-electron chi connectivity index (χ0n) is 18.3. The van der Waals surface area contributed by atoms with E-state index in [1.54, 1.807) is 24.3 Å². The maximum absolute atomic E-state index is 11.0. The molecule has 2 aromatic carbocycles. The van der Waals surface area contributed by atoms with Crippen LogP contribution >= 0.6 is 0 Å². The van der Waals surface area contributed by atoms with Gasteiger partial charge in [0.2, 0.25) is 0 Å². The molecule has 3 rings (SSSR count). The number of fused-ring (bicyclic) bond motifs is 1.